The van der Waals surface area contributed by atoms with E-state index >= 15 is 0 Å². The number of furan rings is 1. The van der Waals surface area contributed by atoms with Gasteiger partial charge < -0.3 is 19.8 Å². The molecule has 2 unspecified atom stereocenters. The predicted molar refractivity (Wildman–Crippen MR) is 92.7 cm³/mol. The SMILES string of the molecule is CCN(CC)C(CNC(=NC)NCC1CCCO1)c1ccco1. The quantitative estimate of drug-likeness (QED) is 0.566. The van der Waals surface area contributed by atoms with Crippen LogP contribution in [-0.2, 0) is 4.74 Å². The Labute approximate surface area is 139 Å². The maximum Gasteiger partial charge on any atom is 0.191 e. The van der Waals surface area contributed by atoms with Crippen molar-refractivity contribution in [1.29, 1.82) is 0 Å². The first-order valence-electron chi connectivity index (χ1n) is 8.62. The lowest BCUT2D eigenvalue weighted by Gasteiger charge is -2.29. The molecule has 1 fully saturated rings. The Morgan fingerprint density at radius 2 is 2.22 bits per heavy atom. The van der Waals surface area contributed by atoms with E-state index in [1.165, 1.54) is 0 Å². The molecule has 2 N–H and O–H groups in total. The summed E-state index contributed by atoms with van der Waals surface area (Å²) < 4.78 is 11.3. The van der Waals surface area contributed by atoms with Crippen molar-refractivity contribution in [3.63, 3.8) is 0 Å². The molecule has 6 nitrogen and oxygen atoms in total. The molecule has 23 heavy (non-hydrogen) atoms. The molecule has 1 aromatic rings. The highest BCUT2D eigenvalue weighted by Gasteiger charge is 2.21. The molecule has 1 aliphatic heterocycles. The summed E-state index contributed by atoms with van der Waals surface area (Å²) in [5.74, 6) is 1.79. The van der Waals surface area contributed by atoms with Gasteiger partial charge in [0.25, 0.3) is 0 Å². The number of nitrogens with one attached hydrogen (secondary N) is 2. The van der Waals surface area contributed by atoms with Crippen molar-refractivity contribution in [2.75, 3.05) is 39.8 Å². The Hall–Kier alpha value is -1.53. The van der Waals surface area contributed by atoms with E-state index in [1.54, 1.807) is 13.3 Å². The van der Waals surface area contributed by atoms with Gasteiger partial charge in [0, 0.05) is 26.7 Å². The van der Waals surface area contributed by atoms with Gasteiger partial charge in [0.15, 0.2) is 5.96 Å². The molecule has 1 saturated heterocycles. The Bertz CT molecular complexity index is 451. The second-order valence-electron chi connectivity index (χ2n) is 5.72. The minimum absolute atomic E-state index is 0.196. The molecule has 1 aliphatic rings. The van der Waals surface area contributed by atoms with E-state index in [4.69, 9.17) is 9.15 Å². The predicted octanol–water partition coefficient (Wildman–Crippen LogP) is 2.01. The number of guanidine groups is 1. The number of nitrogens with zero attached hydrogens (tertiary/aromatic N) is 2. The maximum atomic E-state index is 5.64. The van der Waals surface area contributed by atoms with E-state index in [1.807, 2.05) is 12.1 Å². The number of aliphatic imine (C=N–C) groups is 1. The van der Waals surface area contributed by atoms with Crippen LogP contribution in [0.5, 0.6) is 0 Å². The van der Waals surface area contributed by atoms with Crippen LogP contribution < -0.4 is 10.6 Å². The number of ether oxygens (including phenoxy) is 1. The largest absolute Gasteiger partial charge is 0.468 e. The fraction of sp³-hybridized carbons (Fsp3) is 0.706. The molecule has 0 saturated carbocycles. The van der Waals surface area contributed by atoms with Gasteiger partial charge in [-0.2, -0.15) is 0 Å². The average Bonchev–Trinajstić information content (AvgIpc) is 3.27. The van der Waals surface area contributed by atoms with Crippen molar-refractivity contribution in [3.05, 3.63) is 24.2 Å². The third kappa shape index (κ3) is 5.25. The van der Waals surface area contributed by atoms with Crippen LogP contribution in [0, 0.1) is 0 Å². The van der Waals surface area contributed by atoms with E-state index < -0.39 is 0 Å². The zero-order valence-corrected chi connectivity index (χ0v) is 14.5. The number of hydrogen-bond donors (Lipinski definition) is 2. The van der Waals surface area contributed by atoms with E-state index in [2.05, 4.69) is 34.4 Å². The summed E-state index contributed by atoms with van der Waals surface area (Å²) >= 11 is 0. The maximum absolute atomic E-state index is 5.64. The van der Waals surface area contributed by atoms with Gasteiger partial charge >= 0.3 is 0 Å². The van der Waals surface area contributed by atoms with E-state index in [9.17, 15) is 0 Å². The monoisotopic (exact) mass is 322 g/mol. The summed E-state index contributed by atoms with van der Waals surface area (Å²) in [5.41, 5.74) is 0. The lowest BCUT2D eigenvalue weighted by Crippen LogP contribution is -2.45. The van der Waals surface area contributed by atoms with Gasteiger partial charge in [-0.15, -0.1) is 0 Å². The van der Waals surface area contributed by atoms with Crippen molar-refractivity contribution >= 4 is 5.96 Å². The van der Waals surface area contributed by atoms with Crippen LogP contribution in [0.1, 0.15) is 38.5 Å². The molecular formula is C17H30N4O2. The molecule has 0 bridgehead atoms. The first-order valence-corrected chi connectivity index (χ1v) is 8.62. The summed E-state index contributed by atoms with van der Waals surface area (Å²) in [7, 11) is 1.80. The number of likely N-dealkylation sites (N-methyl/N-ethyl adjacent to an activating group) is 1. The second kappa shape index (κ2) is 9.57. The fourth-order valence-electron chi connectivity index (χ4n) is 2.98. The summed E-state index contributed by atoms with van der Waals surface area (Å²) in [6.07, 6.45) is 4.31. The Kier molecular flexibility index (Phi) is 7.42. The lowest BCUT2D eigenvalue weighted by atomic mass is 10.2. The summed E-state index contributed by atoms with van der Waals surface area (Å²) in [6.45, 7) is 8.72. The van der Waals surface area contributed by atoms with Gasteiger partial charge in [0.05, 0.1) is 18.4 Å². The van der Waals surface area contributed by atoms with Gasteiger partial charge in [0.1, 0.15) is 5.76 Å². The number of rotatable bonds is 8. The molecular weight excluding hydrogens is 292 g/mol. The van der Waals surface area contributed by atoms with E-state index in [0.29, 0.717) is 6.10 Å². The van der Waals surface area contributed by atoms with Gasteiger partial charge in [-0.05, 0) is 38.1 Å². The zero-order chi connectivity index (χ0) is 16.5. The van der Waals surface area contributed by atoms with Gasteiger partial charge in [-0.1, -0.05) is 13.8 Å². The summed E-state index contributed by atoms with van der Waals surface area (Å²) in [4.78, 5) is 6.68. The smallest absolute Gasteiger partial charge is 0.191 e. The van der Waals surface area contributed by atoms with Crippen molar-refractivity contribution in [1.82, 2.24) is 15.5 Å². The highest BCUT2D eigenvalue weighted by atomic mass is 16.5. The molecule has 130 valence electrons. The second-order valence-corrected chi connectivity index (χ2v) is 5.72. The Balaban J connectivity index is 1.88. The summed E-state index contributed by atoms with van der Waals surface area (Å²) in [6, 6.07) is 4.17. The van der Waals surface area contributed by atoms with Gasteiger partial charge in [-0.25, -0.2) is 0 Å². The molecule has 0 aromatic carbocycles. The van der Waals surface area contributed by atoms with Crippen molar-refractivity contribution < 1.29 is 9.15 Å². The molecule has 0 spiro atoms. The summed E-state index contributed by atoms with van der Waals surface area (Å²) in [5, 5.41) is 6.76. The minimum atomic E-state index is 0.196. The standard InChI is InChI=1S/C17H30N4O2/c1-4-21(5-2)15(16-9-7-11-23-16)13-20-17(18-3)19-12-14-8-6-10-22-14/h7,9,11,14-15H,4-6,8,10,12-13H2,1-3H3,(H2,18,19,20). The highest BCUT2D eigenvalue weighted by molar-refractivity contribution is 5.79. The molecule has 0 aliphatic carbocycles. The lowest BCUT2D eigenvalue weighted by molar-refractivity contribution is 0.113. The first-order chi connectivity index (χ1) is 11.3. The van der Waals surface area contributed by atoms with Crippen LogP contribution in [-0.4, -0.2) is 56.8 Å². The third-order valence-corrected chi connectivity index (χ3v) is 4.33. The van der Waals surface area contributed by atoms with Crippen molar-refractivity contribution in [2.24, 2.45) is 4.99 Å². The van der Waals surface area contributed by atoms with Crippen LogP contribution in [0.3, 0.4) is 0 Å². The van der Waals surface area contributed by atoms with Gasteiger partial charge in [-0.3, -0.25) is 9.89 Å². The minimum Gasteiger partial charge on any atom is -0.468 e. The third-order valence-electron chi connectivity index (χ3n) is 4.33. The highest BCUT2D eigenvalue weighted by Crippen LogP contribution is 2.20. The fourth-order valence-corrected chi connectivity index (χ4v) is 2.98. The molecule has 2 atom stereocenters. The molecule has 1 aromatic heterocycles. The zero-order valence-electron chi connectivity index (χ0n) is 14.5. The average molecular weight is 322 g/mol. The van der Waals surface area contributed by atoms with Crippen LogP contribution in [0.4, 0.5) is 0 Å². The molecule has 6 heteroatoms. The molecule has 0 amide bonds. The molecule has 2 heterocycles. The molecule has 0 radical (unpaired) electrons. The van der Waals surface area contributed by atoms with E-state index in [0.717, 1.165) is 57.3 Å². The Morgan fingerprint density at radius 1 is 1.39 bits per heavy atom. The van der Waals surface area contributed by atoms with Crippen molar-refractivity contribution in [2.45, 2.75) is 38.8 Å². The number of hydrogen-bond acceptors (Lipinski definition) is 4. The van der Waals surface area contributed by atoms with Crippen LogP contribution in [0.2, 0.25) is 0 Å². The van der Waals surface area contributed by atoms with Crippen LogP contribution in [0.25, 0.3) is 0 Å². The Morgan fingerprint density at radius 3 is 2.78 bits per heavy atom. The molecule has 2 rings (SSSR count). The first kappa shape index (κ1) is 17.8. The van der Waals surface area contributed by atoms with E-state index in [-0.39, 0.29) is 6.04 Å². The van der Waals surface area contributed by atoms with Crippen LogP contribution >= 0.6 is 0 Å². The topological polar surface area (TPSA) is 62.0 Å². The van der Waals surface area contributed by atoms with Gasteiger partial charge in [0.2, 0.25) is 0 Å². The normalized spacial score (nSPS) is 20.0. The van der Waals surface area contributed by atoms with Crippen LogP contribution in [0.15, 0.2) is 27.8 Å². The van der Waals surface area contributed by atoms with Crippen molar-refractivity contribution in [3.8, 4) is 0 Å².